The Hall–Kier alpha value is -5.05. The van der Waals surface area contributed by atoms with Crippen molar-refractivity contribution in [1.82, 2.24) is 0 Å². The average molecular weight is 606 g/mol. The molecule has 2 unspecified atom stereocenters. The highest BCUT2D eigenvalue weighted by molar-refractivity contribution is 7.80. The number of halogens is 1. The molecule has 0 aliphatic rings. The van der Waals surface area contributed by atoms with Gasteiger partial charge in [-0.25, -0.2) is 13.4 Å². The standard InChI is InChI=1S/C36H28FNO5S/c37-29-18-10-25(11-19-29)22-32(36(39)40)38(44(41)42)30-20-16-27(17-21-30)26-12-14-28(15-13-26)35-31-8-4-5-9-33(31)43-34(35)23-24-6-2-1-3-7-24/h1-21,32H,22-23H2,(H,39,40)(H,41,42). The first kappa shape index (κ1) is 29.0. The zero-order valence-electron chi connectivity index (χ0n) is 23.5. The SMILES string of the molecule is O=C(O)C(Cc1ccc(F)cc1)N(c1ccc(-c2ccc(-c3c(Cc4ccccc4)oc4ccccc34)cc2)cc1)S(=O)O. The molecule has 0 radical (unpaired) electrons. The number of hydrogen-bond donors (Lipinski definition) is 2. The summed E-state index contributed by atoms with van der Waals surface area (Å²) in [6, 6.07) is 37.2. The van der Waals surface area contributed by atoms with Crippen LogP contribution in [0.2, 0.25) is 0 Å². The van der Waals surface area contributed by atoms with Crippen LogP contribution in [0.5, 0.6) is 0 Å². The Bertz CT molecular complexity index is 1920. The largest absolute Gasteiger partial charge is 0.480 e. The summed E-state index contributed by atoms with van der Waals surface area (Å²) in [6.07, 6.45) is 0.579. The zero-order chi connectivity index (χ0) is 30.6. The molecule has 1 heterocycles. The molecule has 44 heavy (non-hydrogen) atoms. The molecule has 6 rings (SSSR count). The molecule has 0 saturated carbocycles. The number of nitrogens with zero attached hydrogens (tertiary/aromatic N) is 1. The van der Waals surface area contributed by atoms with E-state index in [1.807, 2.05) is 60.7 Å². The van der Waals surface area contributed by atoms with E-state index in [0.29, 0.717) is 12.0 Å². The van der Waals surface area contributed by atoms with E-state index in [1.54, 1.807) is 24.3 Å². The molecule has 5 aromatic carbocycles. The van der Waals surface area contributed by atoms with Gasteiger partial charge < -0.3 is 9.52 Å². The van der Waals surface area contributed by atoms with Gasteiger partial charge in [-0.3, -0.25) is 8.86 Å². The summed E-state index contributed by atoms with van der Waals surface area (Å²) >= 11 is -2.61. The predicted octanol–water partition coefficient (Wildman–Crippen LogP) is 8.14. The molecule has 0 aliphatic carbocycles. The van der Waals surface area contributed by atoms with Gasteiger partial charge in [0, 0.05) is 23.8 Å². The Morgan fingerprint density at radius 3 is 1.98 bits per heavy atom. The summed E-state index contributed by atoms with van der Waals surface area (Å²) in [6.45, 7) is 0. The highest BCUT2D eigenvalue weighted by Gasteiger charge is 2.30. The Morgan fingerprint density at radius 1 is 0.750 bits per heavy atom. The van der Waals surface area contributed by atoms with Crippen molar-refractivity contribution in [2.75, 3.05) is 4.31 Å². The fourth-order valence-corrected chi connectivity index (χ4v) is 6.13. The summed E-state index contributed by atoms with van der Waals surface area (Å²) in [7, 11) is 0. The Labute approximate surface area is 256 Å². The van der Waals surface area contributed by atoms with E-state index in [-0.39, 0.29) is 12.1 Å². The van der Waals surface area contributed by atoms with Gasteiger partial charge in [-0.2, -0.15) is 0 Å². The second-order valence-corrected chi connectivity index (χ2v) is 11.3. The van der Waals surface area contributed by atoms with Crippen molar-refractivity contribution >= 4 is 33.9 Å². The summed E-state index contributed by atoms with van der Waals surface area (Å²) in [4.78, 5) is 12.1. The molecule has 6 nitrogen and oxygen atoms in total. The molecule has 1 aromatic heterocycles. The number of furan rings is 1. The van der Waals surface area contributed by atoms with Gasteiger partial charge in [0.2, 0.25) is 0 Å². The van der Waals surface area contributed by atoms with E-state index in [9.17, 15) is 23.1 Å². The maximum atomic E-state index is 13.3. The number of hydrogen-bond acceptors (Lipinski definition) is 3. The smallest absolute Gasteiger partial charge is 0.327 e. The van der Waals surface area contributed by atoms with E-state index in [0.717, 1.165) is 48.9 Å². The number of carboxylic acids is 1. The minimum atomic E-state index is -2.61. The minimum Gasteiger partial charge on any atom is -0.480 e. The lowest BCUT2D eigenvalue weighted by molar-refractivity contribution is -0.138. The fourth-order valence-electron chi connectivity index (χ4n) is 5.44. The van der Waals surface area contributed by atoms with Crippen LogP contribution in [0.4, 0.5) is 10.1 Å². The van der Waals surface area contributed by atoms with Crippen molar-refractivity contribution in [2.24, 2.45) is 0 Å². The van der Waals surface area contributed by atoms with Crippen LogP contribution in [-0.4, -0.2) is 25.9 Å². The first-order chi connectivity index (χ1) is 21.4. The molecule has 220 valence electrons. The number of fused-ring (bicyclic) bond motifs is 1. The van der Waals surface area contributed by atoms with Crippen molar-refractivity contribution in [3.63, 3.8) is 0 Å². The molecule has 2 N–H and O–H groups in total. The molecule has 0 fully saturated rings. The van der Waals surface area contributed by atoms with Gasteiger partial charge in [0.05, 0.1) is 5.69 Å². The van der Waals surface area contributed by atoms with Crippen LogP contribution < -0.4 is 4.31 Å². The lowest BCUT2D eigenvalue weighted by Gasteiger charge is -2.27. The number of anilines is 1. The van der Waals surface area contributed by atoms with Crippen molar-refractivity contribution in [1.29, 1.82) is 0 Å². The lowest BCUT2D eigenvalue weighted by atomic mass is 9.96. The highest BCUT2D eigenvalue weighted by Crippen LogP contribution is 2.37. The van der Waals surface area contributed by atoms with Crippen molar-refractivity contribution in [2.45, 2.75) is 18.9 Å². The molecule has 2 atom stereocenters. The van der Waals surface area contributed by atoms with Crippen molar-refractivity contribution in [3.8, 4) is 22.3 Å². The van der Waals surface area contributed by atoms with Crippen LogP contribution in [0, 0.1) is 5.82 Å². The van der Waals surface area contributed by atoms with Gasteiger partial charge in [-0.05, 0) is 58.1 Å². The molecule has 0 amide bonds. The maximum absolute atomic E-state index is 13.3. The Balaban J connectivity index is 1.27. The van der Waals surface area contributed by atoms with Crippen molar-refractivity contribution < 1.29 is 27.5 Å². The predicted molar refractivity (Wildman–Crippen MR) is 171 cm³/mol. The molecule has 6 aromatic rings. The number of rotatable bonds is 10. The topological polar surface area (TPSA) is 91.0 Å². The second-order valence-electron chi connectivity index (χ2n) is 10.4. The quantitative estimate of drug-likeness (QED) is 0.154. The molecule has 0 saturated heterocycles. The number of carboxylic acid groups (broad SMARTS) is 1. The van der Waals surface area contributed by atoms with Crippen LogP contribution in [0.15, 0.2) is 132 Å². The van der Waals surface area contributed by atoms with Gasteiger partial charge in [-0.1, -0.05) is 97.1 Å². The molecular formula is C36H28FNO5S. The van der Waals surface area contributed by atoms with Crippen LogP contribution in [0.25, 0.3) is 33.2 Å². The van der Waals surface area contributed by atoms with Gasteiger partial charge in [-0.15, -0.1) is 0 Å². The van der Waals surface area contributed by atoms with E-state index in [2.05, 4.69) is 18.2 Å². The van der Waals surface area contributed by atoms with Gasteiger partial charge >= 0.3 is 5.97 Å². The van der Waals surface area contributed by atoms with Gasteiger partial charge in [0.1, 0.15) is 23.2 Å². The third-order valence-corrected chi connectivity index (χ3v) is 8.39. The van der Waals surface area contributed by atoms with E-state index >= 15 is 0 Å². The molecular weight excluding hydrogens is 577 g/mol. The molecule has 8 heteroatoms. The molecule has 0 bridgehead atoms. The van der Waals surface area contributed by atoms with E-state index < -0.39 is 29.1 Å². The fraction of sp³-hybridized carbons (Fsp3) is 0.0833. The monoisotopic (exact) mass is 605 g/mol. The van der Waals surface area contributed by atoms with E-state index in [4.69, 9.17) is 4.42 Å². The number of aliphatic carboxylic acids is 1. The van der Waals surface area contributed by atoms with Gasteiger partial charge in [0.15, 0.2) is 0 Å². The highest BCUT2D eigenvalue weighted by atomic mass is 32.2. The average Bonchev–Trinajstić information content (AvgIpc) is 3.40. The third kappa shape index (κ3) is 6.17. The Kier molecular flexibility index (Phi) is 8.36. The lowest BCUT2D eigenvalue weighted by Crippen LogP contribution is -2.44. The first-order valence-corrected chi connectivity index (χ1v) is 15.1. The van der Waals surface area contributed by atoms with E-state index in [1.165, 1.54) is 24.3 Å². The zero-order valence-corrected chi connectivity index (χ0v) is 24.3. The molecule has 0 spiro atoms. The van der Waals surface area contributed by atoms with Crippen LogP contribution in [-0.2, 0) is 28.9 Å². The van der Waals surface area contributed by atoms with Gasteiger partial charge in [0.25, 0.3) is 11.3 Å². The van der Waals surface area contributed by atoms with Crippen LogP contribution in [0.3, 0.4) is 0 Å². The van der Waals surface area contributed by atoms with Crippen LogP contribution >= 0.6 is 0 Å². The summed E-state index contributed by atoms with van der Waals surface area (Å²) in [5, 5.41) is 10.9. The third-order valence-electron chi connectivity index (χ3n) is 7.58. The van der Waals surface area contributed by atoms with Crippen molar-refractivity contribution in [3.05, 3.63) is 150 Å². The summed E-state index contributed by atoms with van der Waals surface area (Å²) in [5.41, 5.74) is 6.65. The first-order valence-electron chi connectivity index (χ1n) is 14.0. The summed E-state index contributed by atoms with van der Waals surface area (Å²) < 4.78 is 43.0. The normalized spacial score (nSPS) is 12.6. The second kappa shape index (κ2) is 12.7. The maximum Gasteiger partial charge on any atom is 0.327 e. The van der Waals surface area contributed by atoms with Crippen LogP contribution in [0.1, 0.15) is 16.9 Å². The number of benzene rings is 5. The Morgan fingerprint density at radius 2 is 1.34 bits per heavy atom. The minimum absolute atomic E-state index is 0.0833. The summed E-state index contributed by atoms with van der Waals surface area (Å²) in [5.74, 6) is -0.826. The number of carbonyl (C=O) groups is 1. The number of para-hydroxylation sites is 1. The molecule has 0 aliphatic heterocycles.